The van der Waals surface area contributed by atoms with Crippen LogP contribution in [0.15, 0.2) is 27.4 Å². The summed E-state index contributed by atoms with van der Waals surface area (Å²) in [5.74, 6) is 1.28. The van der Waals surface area contributed by atoms with Crippen LogP contribution in [0.3, 0.4) is 0 Å². The van der Waals surface area contributed by atoms with Crippen molar-refractivity contribution in [2.75, 3.05) is 13.1 Å². The van der Waals surface area contributed by atoms with Crippen LogP contribution in [0.1, 0.15) is 46.0 Å². The number of allylic oxidation sites excluding steroid dienone is 2. The Hall–Kier alpha value is -0.760. The number of nitrogens with zero attached hydrogens (tertiary/aromatic N) is 2. The fourth-order valence-electron chi connectivity index (χ4n) is 3.21. The van der Waals surface area contributed by atoms with Crippen molar-refractivity contribution in [3.05, 3.63) is 22.4 Å². The van der Waals surface area contributed by atoms with E-state index in [0.29, 0.717) is 5.41 Å². The summed E-state index contributed by atoms with van der Waals surface area (Å²) in [6.45, 7) is 6.95. The van der Waals surface area contributed by atoms with Gasteiger partial charge in [0.05, 0.1) is 5.70 Å². The average molecular weight is 265 g/mol. The van der Waals surface area contributed by atoms with Gasteiger partial charge in [-0.2, -0.15) is 0 Å². The Kier molecular flexibility index (Phi) is 3.01. The van der Waals surface area contributed by atoms with Gasteiger partial charge in [-0.25, -0.2) is 4.99 Å². The molecule has 0 bridgehead atoms. The first-order chi connectivity index (χ1) is 8.53. The van der Waals surface area contributed by atoms with E-state index in [-0.39, 0.29) is 0 Å². The molecule has 3 heteroatoms. The van der Waals surface area contributed by atoms with E-state index >= 15 is 0 Å². The predicted molar refractivity (Wildman–Crippen MR) is 76.8 cm³/mol. The summed E-state index contributed by atoms with van der Waals surface area (Å²) in [5.41, 5.74) is 3.04. The molecule has 0 amide bonds. The second kappa shape index (κ2) is 4.41. The maximum Gasteiger partial charge on any atom is 0.105 e. The molecule has 0 saturated carbocycles. The number of fused-ring (bicyclic) bond motifs is 1. The summed E-state index contributed by atoms with van der Waals surface area (Å²) in [7, 11) is 0. The lowest BCUT2D eigenvalue weighted by atomic mass is 9.88. The van der Waals surface area contributed by atoms with Crippen molar-refractivity contribution in [1.29, 1.82) is 0 Å². The summed E-state index contributed by atoms with van der Waals surface area (Å²) in [5, 5.41) is 0.959. The largest absolute Gasteiger partial charge is 0.355 e. The molecule has 0 N–H and O–H groups in total. The zero-order valence-corrected chi connectivity index (χ0v) is 12.1. The maximum atomic E-state index is 6.13. The minimum Gasteiger partial charge on any atom is -0.355 e. The number of halogens is 1. The molecule has 2 heterocycles. The van der Waals surface area contributed by atoms with E-state index < -0.39 is 0 Å². The van der Waals surface area contributed by atoms with Crippen LogP contribution in [0.25, 0.3) is 0 Å². The molecule has 3 rings (SSSR count). The molecule has 1 saturated heterocycles. The highest BCUT2D eigenvalue weighted by atomic mass is 35.5. The molecule has 0 unspecified atom stereocenters. The van der Waals surface area contributed by atoms with Gasteiger partial charge in [-0.1, -0.05) is 25.4 Å². The third-order valence-electron chi connectivity index (χ3n) is 4.19. The fourth-order valence-corrected chi connectivity index (χ4v) is 3.40. The monoisotopic (exact) mass is 264 g/mol. The van der Waals surface area contributed by atoms with Crippen LogP contribution in [0.5, 0.6) is 0 Å². The molecule has 0 radical (unpaired) electrons. The van der Waals surface area contributed by atoms with Crippen LogP contribution in [0.4, 0.5) is 0 Å². The number of hydrogen-bond acceptors (Lipinski definition) is 2. The van der Waals surface area contributed by atoms with Crippen molar-refractivity contribution < 1.29 is 0 Å². The first-order valence-corrected chi connectivity index (χ1v) is 7.32. The van der Waals surface area contributed by atoms with E-state index in [4.69, 9.17) is 16.6 Å². The molecule has 18 heavy (non-hydrogen) atoms. The molecule has 0 aromatic heterocycles. The minimum atomic E-state index is 0.414. The molecule has 3 aliphatic rings. The Morgan fingerprint density at radius 2 is 2.11 bits per heavy atom. The molecule has 98 valence electrons. The van der Waals surface area contributed by atoms with Crippen LogP contribution in [0, 0.1) is 5.41 Å². The lowest BCUT2D eigenvalue weighted by molar-refractivity contribution is 0.254. The zero-order valence-electron chi connectivity index (χ0n) is 11.3. The van der Waals surface area contributed by atoms with Gasteiger partial charge < -0.3 is 4.90 Å². The first kappa shape index (κ1) is 12.3. The minimum absolute atomic E-state index is 0.414. The molecule has 0 spiro atoms. The molecule has 0 aromatic carbocycles. The van der Waals surface area contributed by atoms with Gasteiger partial charge in [0.2, 0.25) is 0 Å². The molecule has 1 aliphatic carbocycles. The molecule has 0 aromatic rings. The van der Waals surface area contributed by atoms with E-state index in [9.17, 15) is 0 Å². The summed E-state index contributed by atoms with van der Waals surface area (Å²) >= 11 is 6.13. The van der Waals surface area contributed by atoms with Crippen LogP contribution < -0.4 is 0 Å². The number of hydrogen-bond donors (Lipinski definition) is 0. The number of amidine groups is 1. The quantitative estimate of drug-likeness (QED) is 0.644. The smallest absolute Gasteiger partial charge is 0.105 e. The van der Waals surface area contributed by atoms with Crippen LogP contribution in [-0.2, 0) is 0 Å². The number of rotatable bonds is 0. The summed E-state index contributed by atoms with van der Waals surface area (Å²) < 4.78 is 0. The van der Waals surface area contributed by atoms with E-state index in [0.717, 1.165) is 43.1 Å². The van der Waals surface area contributed by atoms with Gasteiger partial charge in [-0.05, 0) is 42.7 Å². The SMILES string of the molecule is CC1(C)CCCC2=NC3=C(CCC(Cl)=C3)CN2C1. The summed E-state index contributed by atoms with van der Waals surface area (Å²) in [4.78, 5) is 7.36. The second-order valence-electron chi connectivity index (χ2n) is 6.48. The third kappa shape index (κ3) is 2.35. The third-order valence-corrected chi connectivity index (χ3v) is 4.49. The van der Waals surface area contributed by atoms with Gasteiger partial charge in [-0.15, -0.1) is 0 Å². The zero-order chi connectivity index (χ0) is 12.8. The molecular weight excluding hydrogens is 244 g/mol. The Balaban J connectivity index is 1.90. The standard InChI is InChI=1S/C15H21ClN2/c1-15(2)7-3-4-14-17-13-8-12(16)6-5-11(13)9-18(14)10-15/h8H,3-7,9-10H2,1-2H3. The highest BCUT2D eigenvalue weighted by molar-refractivity contribution is 6.29. The Labute approximate surface area is 114 Å². The average Bonchev–Trinajstić information content (AvgIpc) is 2.43. The maximum absolute atomic E-state index is 6.13. The summed E-state index contributed by atoms with van der Waals surface area (Å²) in [6, 6.07) is 0. The molecule has 2 nitrogen and oxygen atoms in total. The van der Waals surface area contributed by atoms with Crippen LogP contribution in [-0.4, -0.2) is 23.8 Å². The van der Waals surface area contributed by atoms with E-state index in [2.05, 4.69) is 24.8 Å². The highest BCUT2D eigenvalue weighted by Gasteiger charge is 2.31. The lowest BCUT2D eigenvalue weighted by Gasteiger charge is -2.35. The lowest BCUT2D eigenvalue weighted by Crippen LogP contribution is -2.40. The van der Waals surface area contributed by atoms with Crippen molar-refractivity contribution >= 4 is 17.4 Å². The number of aliphatic imine (C=N–C) groups is 1. The van der Waals surface area contributed by atoms with Gasteiger partial charge in [0.1, 0.15) is 5.84 Å². The van der Waals surface area contributed by atoms with E-state index in [1.54, 1.807) is 0 Å². The van der Waals surface area contributed by atoms with Gasteiger partial charge in [0.25, 0.3) is 0 Å². The molecule has 1 fully saturated rings. The summed E-state index contributed by atoms with van der Waals surface area (Å²) in [6.07, 6.45) is 7.81. The van der Waals surface area contributed by atoms with Crippen LogP contribution in [0.2, 0.25) is 0 Å². The van der Waals surface area contributed by atoms with Crippen molar-refractivity contribution in [3.63, 3.8) is 0 Å². The van der Waals surface area contributed by atoms with Gasteiger partial charge in [0, 0.05) is 24.5 Å². The predicted octanol–water partition coefficient (Wildman–Crippen LogP) is 4.08. The van der Waals surface area contributed by atoms with Crippen molar-refractivity contribution in [3.8, 4) is 0 Å². The van der Waals surface area contributed by atoms with Crippen molar-refractivity contribution in [1.82, 2.24) is 4.90 Å². The Morgan fingerprint density at radius 3 is 2.94 bits per heavy atom. The highest BCUT2D eigenvalue weighted by Crippen LogP contribution is 2.35. The van der Waals surface area contributed by atoms with Gasteiger partial charge >= 0.3 is 0 Å². The van der Waals surface area contributed by atoms with Gasteiger partial charge in [-0.3, -0.25) is 0 Å². The molecule has 0 atom stereocenters. The Morgan fingerprint density at radius 1 is 1.28 bits per heavy atom. The Bertz CT molecular complexity index is 457. The van der Waals surface area contributed by atoms with E-state index in [1.807, 2.05) is 0 Å². The second-order valence-corrected chi connectivity index (χ2v) is 6.97. The van der Waals surface area contributed by atoms with Crippen LogP contribution >= 0.6 is 11.6 Å². The normalized spacial score (nSPS) is 26.9. The molecular formula is C15H21ClN2. The molecule has 2 aliphatic heterocycles. The topological polar surface area (TPSA) is 15.6 Å². The fraction of sp³-hybridized carbons (Fsp3) is 0.667. The first-order valence-electron chi connectivity index (χ1n) is 6.94. The van der Waals surface area contributed by atoms with Crippen molar-refractivity contribution in [2.45, 2.75) is 46.0 Å². The van der Waals surface area contributed by atoms with Gasteiger partial charge in [0.15, 0.2) is 0 Å². The van der Waals surface area contributed by atoms with Crippen molar-refractivity contribution in [2.24, 2.45) is 10.4 Å². The van der Waals surface area contributed by atoms with E-state index in [1.165, 1.54) is 24.3 Å².